The fraction of sp³-hybridized carbons (Fsp3) is 0.478. The molecular formula is C23H28O5. The van der Waals surface area contributed by atoms with E-state index in [1.165, 1.54) is 6.07 Å². The summed E-state index contributed by atoms with van der Waals surface area (Å²) in [7, 11) is 0. The van der Waals surface area contributed by atoms with Gasteiger partial charge in [-0.25, -0.2) is 9.59 Å². The summed E-state index contributed by atoms with van der Waals surface area (Å²) in [6, 6.07) is 10.5. The molecular weight excluding hydrogens is 356 g/mol. The normalized spacial score (nSPS) is 22.2. The number of fused-ring (bicyclic) bond motifs is 1. The van der Waals surface area contributed by atoms with E-state index in [1.807, 2.05) is 24.3 Å². The van der Waals surface area contributed by atoms with E-state index in [4.69, 9.17) is 9.47 Å². The highest BCUT2D eigenvalue weighted by atomic mass is 16.6. The molecule has 2 aromatic rings. The highest BCUT2D eigenvalue weighted by Gasteiger charge is 2.33. The van der Waals surface area contributed by atoms with Crippen molar-refractivity contribution in [1.82, 2.24) is 0 Å². The van der Waals surface area contributed by atoms with Gasteiger partial charge in [-0.2, -0.15) is 0 Å². The van der Waals surface area contributed by atoms with Crippen LogP contribution in [0.25, 0.3) is 10.8 Å². The molecule has 0 heterocycles. The fourth-order valence-corrected chi connectivity index (χ4v) is 4.05. The number of aromatic hydroxyl groups is 1. The Balaban J connectivity index is 1.61. The highest BCUT2D eigenvalue weighted by Crippen LogP contribution is 2.35. The fourth-order valence-electron chi connectivity index (χ4n) is 4.05. The van der Waals surface area contributed by atoms with Crippen LogP contribution in [-0.2, 0) is 14.3 Å². The topological polar surface area (TPSA) is 72.8 Å². The number of carbonyl (C=O) groups is 2. The number of carbonyl (C=O) groups excluding carboxylic acids is 2. The van der Waals surface area contributed by atoms with Gasteiger partial charge in [0.05, 0.1) is 0 Å². The number of rotatable bonds is 5. The van der Waals surface area contributed by atoms with Gasteiger partial charge in [0.15, 0.2) is 6.61 Å². The van der Waals surface area contributed by atoms with E-state index >= 15 is 0 Å². The third kappa shape index (κ3) is 4.64. The van der Waals surface area contributed by atoms with E-state index in [1.54, 1.807) is 6.07 Å². The first-order chi connectivity index (χ1) is 13.3. The maximum absolute atomic E-state index is 12.3. The zero-order chi connectivity index (χ0) is 20.3. The van der Waals surface area contributed by atoms with Gasteiger partial charge in [-0.15, -0.1) is 0 Å². The maximum atomic E-state index is 12.3. The van der Waals surface area contributed by atoms with Gasteiger partial charge in [0.25, 0.3) is 0 Å². The highest BCUT2D eigenvalue weighted by molar-refractivity contribution is 5.99. The number of phenols is 1. The molecule has 1 fully saturated rings. The number of hydrogen-bond donors (Lipinski definition) is 1. The smallest absolute Gasteiger partial charge is 0.344 e. The molecule has 1 saturated carbocycles. The molecule has 0 spiro atoms. The number of benzene rings is 2. The van der Waals surface area contributed by atoms with Crippen molar-refractivity contribution < 1.29 is 24.2 Å². The molecule has 1 N–H and O–H groups in total. The molecule has 3 unspecified atom stereocenters. The summed E-state index contributed by atoms with van der Waals surface area (Å²) in [6.07, 6.45) is 2.90. The predicted molar refractivity (Wildman–Crippen MR) is 107 cm³/mol. The van der Waals surface area contributed by atoms with Crippen molar-refractivity contribution in [2.24, 2.45) is 17.8 Å². The molecule has 0 aromatic heterocycles. The van der Waals surface area contributed by atoms with Crippen molar-refractivity contribution >= 4 is 22.7 Å². The Kier molecular flexibility index (Phi) is 6.22. The number of hydrogen-bond acceptors (Lipinski definition) is 5. The molecule has 0 aliphatic heterocycles. The lowest BCUT2D eigenvalue weighted by molar-refractivity contribution is -0.159. The Morgan fingerprint density at radius 1 is 1.14 bits per heavy atom. The van der Waals surface area contributed by atoms with Crippen LogP contribution in [0, 0.1) is 17.8 Å². The Hall–Kier alpha value is -2.56. The molecule has 3 rings (SSSR count). The molecule has 5 heteroatoms. The second kappa shape index (κ2) is 8.63. The molecule has 28 heavy (non-hydrogen) atoms. The zero-order valence-corrected chi connectivity index (χ0v) is 16.7. The van der Waals surface area contributed by atoms with Crippen molar-refractivity contribution in [3.63, 3.8) is 0 Å². The Bertz CT molecular complexity index is 857. The maximum Gasteiger partial charge on any atom is 0.344 e. The number of phenolic OH excluding ortho intramolecular Hbond substituents is 1. The third-order valence-electron chi connectivity index (χ3n) is 5.65. The Morgan fingerprint density at radius 3 is 2.50 bits per heavy atom. The minimum absolute atomic E-state index is 0.0397. The summed E-state index contributed by atoms with van der Waals surface area (Å²) >= 11 is 0. The van der Waals surface area contributed by atoms with Gasteiger partial charge in [0.2, 0.25) is 0 Å². The first kappa shape index (κ1) is 20.2. The standard InChI is InChI=1S/C23H28O5/c1-14(2)18-9-8-15(3)10-21(18)28-22(25)13-27-23(26)19-11-16-6-4-5-7-17(16)12-20(19)24/h4-7,11-12,14-15,18,21,24H,8-10,13H2,1-3H3. The van der Waals surface area contributed by atoms with Gasteiger partial charge in [-0.1, -0.05) is 51.5 Å². The van der Waals surface area contributed by atoms with Crippen molar-refractivity contribution in [1.29, 1.82) is 0 Å². The summed E-state index contributed by atoms with van der Waals surface area (Å²) in [4.78, 5) is 24.6. The lowest BCUT2D eigenvalue weighted by atomic mass is 9.75. The molecule has 1 aliphatic carbocycles. The van der Waals surface area contributed by atoms with Gasteiger partial charge < -0.3 is 14.6 Å². The number of esters is 2. The van der Waals surface area contributed by atoms with Crippen LogP contribution in [-0.4, -0.2) is 29.8 Å². The molecule has 150 valence electrons. The Morgan fingerprint density at radius 2 is 1.82 bits per heavy atom. The van der Waals surface area contributed by atoms with Crippen LogP contribution in [0.5, 0.6) is 5.75 Å². The van der Waals surface area contributed by atoms with Crippen molar-refractivity contribution in [2.75, 3.05) is 6.61 Å². The lowest BCUT2D eigenvalue weighted by Crippen LogP contribution is -2.36. The molecule has 0 amide bonds. The first-order valence-electron chi connectivity index (χ1n) is 9.93. The van der Waals surface area contributed by atoms with Crippen LogP contribution in [0.2, 0.25) is 0 Å². The molecule has 3 atom stereocenters. The summed E-state index contributed by atoms with van der Waals surface area (Å²) in [5.74, 6) is -0.165. The average molecular weight is 384 g/mol. The average Bonchev–Trinajstić information content (AvgIpc) is 2.65. The minimum atomic E-state index is -0.738. The van der Waals surface area contributed by atoms with Crippen molar-refractivity contribution in [2.45, 2.75) is 46.1 Å². The Labute approximate surface area is 165 Å². The van der Waals surface area contributed by atoms with Crippen LogP contribution in [0.1, 0.15) is 50.4 Å². The van der Waals surface area contributed by atoms with Gasteiger partial charge in [-0.3, -0.25) is 0 Å². The quantitative estimate of drug-likeness (QED) is 0.756. The van der Waals surface area contributed by atoms with E-state index < -0.39 is 18.5 Å². The summed E-state index contributed by atoms with van der Waals surface area (Å²) in [5, 5.41) is 11.7. The van der Waals surface area contributed by atoms with Crippen molar-refractivity contribution in [3.05, 3.63) is 42.0 Å². The molecule has 5 nitrogen and oxygen atoms in total. The largest absolute Gasteiger partial charge is 0.507 e. The molecule has 0 bridgehead atoms. The monoisotopic (exact) mass is 384 g/mol. The molecule has 2 aromatic carbocycles. The van der Waals surface area contributed by atoms with E-state index in [2.05, 4.69) is 20.8 Å². The van der Waals surface area contributed by atoms with Gasteiger partial charge in [0.1, 0.15) is 17.4 Å². The first-order valence-corrected chi connectivity index (χ1v) is 9.93. The SMILES string of the molecule is CC1CCC(C(C)C)C(OC(=O)COC(=O)c2cc3ccccc3cc2O)C1. The van der Waals surface area contributed by atoms with Crippen LogP contribution >= 0.6 is 0 Å². The molecule has 1 aliphatic rings. The van der Waals surface area contributed by atoms with Crippen LogP contribution in [0.15, 0.2) is 36.4 Å². The number of ether oxygens (including phenoxy) is 2. The van der Waals surface area contributed by atoms with Crippen LogP contribution in [0.3, 0.4) is 0 Å². The van der Waals surface area contributed by atoms with Crippen LogP contribution in [0.4, 0.5) is 0 Å². The van der Waals surface area contributed by atoms with Crippen LogP contribution < -0.4 is 0 Å². The molecule has 0 saturated heterocycles. The predicted octanol–water partition coefficient (Wildman–Crippen LogP) is 4.71. The summed E-state index contributed by atoms with van der Waals surface area (Å²) < 4.78 is 10.8. The zero-order valence-electron chi connectivity index (χ0n) is 16.7. The summed E-state index contributed by atoms with van der Waals surface area (Å²) in [5.41, 5.74) is 0.0397. The van der Waals surface area contributed by atoms with Crippen molar-refractivity contribution in [3.8, 4) is 5.75 Å². The van der Waals surface area contributed by atoms with E-state index in [0.29, 0.717) is 17.8 Å². The van der Waals surface area contributed by atoms with E-state index in [0.717, 1.165) is 30.0 Å². The van der Waals surface area contributed by atoms with E-state index in [9.17, 15) is 14.7 Å². The van der Waals surface area contributed by atoms with Gasteiger partial charge in [-0.05, 0) is 53.5 Å². The minimum Gasteiger partial charge on any atom is -0.507 e. The van der Waals surface area contributed by atoms with Gasteiger partial charge >= 0.3 is 11.9 Å². The lowest BCUT2D eigenvalue weighted by Gasteiger charge is -2.36. The second-order valence-electron chi connectivity index (χ2n) is 8.15. The third-order valence-corrected chi connectivity index (χ3v) is 5.65. The summed E-state index contributed by atoms with van der Waals surface area (Å²) in [6.45, 7) is 5.99. The van der Waals surface area contributed by atoms with E-state index in [-0.39, 0.29) is 17.4 Å². The molecule has 0 radical (unpaired) electrons. The second-order valence-corrected chi connectivity index (χ2v) is 8.15. The van der Waals surface area contributed by atoms with Gasteiger partial charge in [0, 0.05) is 0 Å².